The molecular weight excluding hydrogens is 203 g/mol. The fourth-order valence-electron chi connectivity index (χ4n) is 1.68. The summed E-state index contributed by atoms with van der Waals surface area (Å²) >= 11 is 0. The molecule has 2 heteroatoms. The minimum absolute atomic E-state index is 0.184. The van der Waals surface area contributed by atoms with E-state index in [1.54, 1.807) is 0 Å². The van der Waals surface area contributed by atoms with E-state index in [-0.39, 0.29) is 11.9 Å². The van der Waals surface area contributed by atoms with E-state index < -0.39 is 0 Å². The molecule has 0 saturated heterocycles. The van der Waals surface area contributed by atoms with Crippen LogP contribution in [-0.2, 0) is 4.74 Å². The van der Waals surface area contributed by atoms with Gasteiger partial charge in [-0.05, 0) is 37.5 Å². The van der Waals surface area contributed by atoms with Gasteiger partial charge in [-0.1, -0.05) is 26.0 Å². The third-order valence-electron chi connectivity index (χ3n) is 2.71. The van der Waals surface area contributed by atoms with E-state index in [0.29, 0.717) is 18.4 Å². The number of benzene rings is 1. The number of ether oxygens (including phenoxy) is 1. The van der Waals surface area contributed by atoms with Gasteiger partial charge in [0.05, 0.1) is 12.7 Å². The fraction of sp³-hybridized carbons (Fsp3) is 0.571. The Hall–Kier alpha value is -0.890. The van der Waals surface area contributed by atoms with Crippen molar-refractivity contribution in [3.8, 4) is 0 Å². The second-order valence-electron chi connectivity index (χ2n) is 4.78. The highest BCUT2D eigenvalue weighted by molar-refractivity contribution is 5.21. The first kappa shape index (κ1) is 13.2. The van der Waals surface area contributed by atoms with E-state index in [0.717, 1.165) is 5.56 Å². The van der Waals surface area contributed by atoms with Crippen molar-refractivity contribution in [1.29, 1.82) is 0 Å². The lowest BCUT2D eigenvalue weighted by molar-refractivity contribution is 0.0590. The Labute approximate surface area is 97.6 Å². The van der Waals surface area contributed by atoms with Crippen LogP contribution < -0.4 is 0 Å². The number of rotatable bonds is 5. The first-order valence-corrected chi connectivity index (χ1v) is 5.87. The molecule has 0 aromatic heterocycles. The molecule has 1 unspecified atom stereocenters. The van der Waals surface area contributed by atoms with Gasteiger partial charge in [-0.25, -0.2) is 4.39 Å². The maximum atomic E-state index is 12.8. The molecule has 90 valence electrons. The molecule has 1 rings (SSSR count). The standard InChI is InChI=1S/C14H21FO/c1-10(2)14(9-16-11(3)4)12-5-7-13(15)8-6-12/h5-8,10-11,14H,9H2,1-4H3. The highest BCUT2D eigenvalue weighted by Gasteiger charge is 2.16. The first-order chi connectivity index (χ1) is 7.50. The molecule has 0 N–H and O–H groups in total. The topological polar surface area (TPSA) is 9.23 Å². The van der Waals surface area contributed by atoms with Crippen LogP contribution in [0.5, 0.6) is 0 Å². The molecule has 0 amide bonds. The van der Waals surface area contributed by atoms with Crippen LogP contribution in [0.15, 0.2) is 24.3 Å². The van der Waals surface area contributed by atoms with Crippen molar-refractivity contribution < 1.29 is 9.13 Å². The van der Waals surface area contributed by atoms with Gasteiger partial charge in [0.15, 0.2) is 0 Å². The smallest absolute Gasteiger partial charge is 0.123 e. The molecule has 0 aliphatic heterocycles. The molecule has 0 bridgehead atoms. The highest BCUT2D eigenvalue weighted by atomic mass is 19.1. The van der Waals surface area contributed by atoms with Gasteiger partial charge >= 0.3 is 0 Å². The Bertz CT molecular complexity index is 303. The van der Waals surface area contributed by atoms with E-state index in [4.69, 9.17) is 4.74 Å². The number of hydrogen-bond donors (Lipinski definition) is 0. The summed E-state index contributed by atoms with van der Waals surface area (Å²) in [5, 5.41) is 0. The maximum Gasteiger partial charge on any atom is 0.123 e. The van der Waals surface area contributed by atoms with Crippen molar-refractivity contribution in [3.05, 3.63) is 35.6 Å². The van der Waals surface area contributed by atoms with Gasteiger partial charge in [0.25, 0.3) is 0 Å². The Kier molecular flexibility index (Phi) is 4.94. The molecule has 0 aliphatic carbocycles. The normalized spacial score (nSPS) is 13.4. The van der Waals surface area contributed by atoms with E-state index in [9.17, 15) is 4.39 Å². The van der Waals surface area contributed by atoms with E-state index in [2.05, 4.69) is 13.8 Å². The van der Waals surface area contributed by atoms with Crippen LogP contribution in [0.2, 0.25) is 0 Å². The molecule has 1 aromatic carbocycles. The van der Waals surface area contributed by atoms with Crippen LogP contribution in [0, 0.1) is 11.7 Å². The van der Waals surface area contributed by atoms with Gasteiger partial charge in [0, 0.05) is 5.92 Å². The molecule has 0 spiro atoms. The second kappa shape index (κ2) is 6.00. The predicted molar refractivity (Wildman–Crippen MR) is 65.1 cm³/mol. The summed E-state index contributed by atoms with van der Waals surface area (Å²) in [5.41, 5.74) is 1.15. The first-order valence-electron chi connectivity index (χ1n) is 5.87. The lowest BCUT2D eigenvalue weighted by atomic mass is 9.89. The minimum Gasteiger partial charge on any atom is -0.378 e. The van der Waals surface area contributed by atoms with Crippen LogP contribution in [-0.4, -0.2) is 12.7 Å². The van der Waals surface area contributed by atoms with Crippen LogP contribution in [0.1, 0.15) is 39.2 Å². The highest BCUT2D eigenvalue weighted by Crippen LogP contribution is 2.25. The third kappa shape index (κ3) is 3.93. The predicted octanol–water partition coefficient (Wildman–Crippen LogP) is 3.99. The molecule has 1 atom stereocenters. The third-order valence-corrected chi connectivity index (χ3v) is 2.71. The molecule has 0 radical (unpaired) electrons. The molecule has 1 aromatic rings. The van der Waals surface area contributed by atoms with Gasteiger partial charge in [-0.15, -0.1) is 0 Å². The zero-order valence-corrected chi connectivity index (χ0v) is 10.5. The second-order valence-corrected chi connectivity index (χ2v) is 4.78. The average molecular weight is 224 g/mol. The van der Waals surface area contributed by atoms with Crippen molar-refractivity contribution in [2.75, 3.05) is 6.61 Å². The SMILES string of the molecule is CC(C)OCC(c1ccc(F)cc1)C(C)C. The Morgan fingerprint density at radius 3 is 2.06 bits per heavy atom. The van der Waals surface area contributed by atoms with Gasteiger partial charge in [0.2, 0.25) is 0 Å². The molecule has 0 saturated carbocycles. The quantitative estimate of drug-likeness (QED) is 0.734. The van der Waals surface area contributed by atoms with Gasteiger partial charge in [-0.3, -0.25) is 0 Å². The van der Waals surface area contributed by atoms with Crippen LogP contribution in [0.3, 0.4) is 0 Å². The Morgan fingerprint density at radius 1 is 1.06 bits per heavy atom. The molecule has 0 fully saturated rings. The van der Waals surface area contributed by atoms with Crippen molar-refractivity contribution in [2.45, 2.75) is 39.7 Å². The summed E-state index contributed by atoms with van der Waals surface area (Å²) < 4.78 is 18.5. The van der Waals surface area contributed by atoms with Gasteiger partial charge in [-0.2, -0.15) is 0 Å². The van der Waals surface area contributed by atoms with Gasteiger partial charge < -0.3 is 4.74 Å². The molecule has 16 heavy (non-hydrogen) atoms. The monoisotopic (exact) mass is 224 g/mol. The summed E-state index contributed by atoms with van der Waals surface area (Å²) in [4.78, 5) is 0. The molecule has 0 heterocycles. The lowest BCUT2D eigenvalue weighted by Gasteiger charge is -2.22. The molecule has 1 nitrogen and oxygen atoms in total. The number of hydrogen-bond acceptors (Lipinski definition) is 1. The van der Waals surface area contributed by atoms with Gasteiger partial charge in [0.1, 0.15) is 5.82 Å². The summed E-state index contributed by atoms with van der Waals surface area (Å²) in [5.74, 6) is 0.642. The Balaban J connectivity index is 2.73. The molecular formula is C14H21FO. The largest absolute Gasteiger partial charge is 0.378 e. The van der Waals surface area contributed by atoms with Crippen LogP contribution >= 0.6 is 0 Å². The van der Waals surface area contributed by atoms with Crippen molar-refractivity contribution in [2.24, 2.45) is 5.92 Å². The van der Waals surface area contributed by atoms with Crippen molar-refractivity contribution in [3.63, 3.8) is 0 Å². The Morgan fingerprint density at radius 2 is 1.62 bits per heavy atom. The number of halogens is 1. The molecule has 0 aliphatic rings. The summed E-state index contributed by atoms with van der Waals surface area (Å²) in [7, 11) is 0. The average Bonchev–Trinajstić information content (AvgIpc) is 2.20. The summed E-state index contributed by atoms with van der Waals surface area (Å²) in [6.45, 7) is 9.08. The minimum atomic E-state index is -0.184. The van der Waals surface area contributed by atoms with E-state index in [1.165, 1.54) is 12.1 Å². The van der Waals surface area contributed by atoms with Crippen LogP contribution in [0.4, 0.5) is 4.39 Å². The van der Waals surface area contributed by atoms with E-state index >= 15 is 0 Å². The lowest BCUT2D eigenvalue weighted by Crippen LogP contribution is -2.17. The zero-order valence-electron chi connectivity index (χ0n) is 10.5. The van der Waals surface area contributed by atoms with Crippen molar-refractivity contribution in [1.82, 2.24) is 0 Å². The fourth-order valence-corrected chi connectivity index (χ4v) is 1.68. The van der Waals surface area contributed by atoms with E-state index in [1.807, 2.05) is 26.0 Å². The summed E-state index contributed by atoms with van der Waals surface area (Å²) in [6, 6.07) is 6.73. The summed E-state index contributed by atoms with van der Waals surface area (Å²) in [6.07, 6.45) is 0.238. The van der Waals surface area contributed by atoms with Crippen molar-refractivity contribution >= 4 is 0 Å². The zero-order chi connectivity index (χ0) is 12.1. The van der Waals surface area contributed by atoms with Crippen LogP contribution in [0.25, 0.3) is 0 Å². The maximum absolute atomic E-state index is 12.8.